The molecule has 0 unspecified atom stereocenters. The molecular weight excluding hydrogens is 374 g/mol. The summed E-state index contributed by atoms with van der Waals surface area (Å²) in [7, 11) is 1.66. The molecule has 0 saturated carbocycles. The highest BCUT2D eigenvalue weighted by molar-refractivity contribution is 6.30. The van der Waals surface area contributed by atoms with Gasteiger partial charge in [0.2, 0.25) is 6.23 Å². The van der Waals surface area contributed by atoms with E-state index in [1.807, 2.05) is 53.5 Å². The Balaban J connectivity index is 1.61. The average molecular weight is 392 g/mol. The fourth-order valence-electron chi connectivity index (χ4n) is 3.81. The van der Waals surface area contributed by atoms with Gasteiger partial charge in [-0.25, -0.2) is 5.01 Å². The molecule has 3 heterocycles. The highest BCUT2D eigenvalue weighted by atomic mass is 35.5. The Morgan fingerprint density at radius 3 is 2.61 bits per heavy atom. The zero-order chi connectivity index (χ0) is 19.1. The smallest absolute Gasteiger partial charge is 0.214 e. The van der Waals surface area contributed by atoms with E-state index in [0.717, 1.165) is 40.3 Å². The van der Waals surface area contributed by atoms with Crippen LogP contribution in [-0.2, 0) is 0 Å². The lowest BCUT2D eigenvalue weighted by atomic mass is 9.95. The first-order valence-corrected chi connectivity index (χ1v) is 9.47. The molecule has 2 aliphatic rings. The van der Waals surface area contributed by atoms with Crippen molar-refractivity contribution in [3.05, 3.63) is 88.7 Å². The van der Waals surface area contributed by atoms with Crippen LogP contribution in [0.2, 0.25) is 5.02 Å². The summed E-state index contributed by atoms with van der Waals surface area (Å²) in [6.07, 6.45) is 3.98. The summed E-state index contributed by atoms with van der Waals surface area (Å²) in [6.45, 7) is 0. The van der Waals surface area contributed by atoms with Crippen molar-refractivity contribution in [3.8, 4) is 11.5 Å². The molecule has 0 fully saturated rings. The van der Waals surface area contributed by atoms with Crippen LogP contribution in [0.3, 0.4) is 0 Å². The standard InChI is InChI=1S/C22H18ClN3O2/c1-27-20-4-2-3-17-19-13-18(14-5-7-16(23)8-6-14)25-26(19)22(28-21(17)20)15-9-11-24-12-10-15/h2-12,19,22H,13H2,1H3/t19-,22-/m1/s1. The molecule has 0 bridgehead atoms. The molecule has 3 aromatic rings. The number of rotatable bonds is 3. The summed E-state index contributed by atoms with van der Waals surface area (Å²) < 4.78 is 12.0. The van der Waals surface area contributed by atoms with Crippen LogP contribution in [0.4, 0.5) is 0 Å². The van der Waals surface area contributed by atoms with Gasteiger partial charge in [0.05, 0.1) is 18.9 Å². The third kappa shape index (κ3) is 2.79. The number of halogens is 1. The molecule has 2 aromatic carbocycles. The van der Waals surface area contributed by atoms with Gasteiger partial charge in [0.1, 0.15) is 0 Å². The van der Waals surface area contributed by atoms with Crippen LogP contribution < -0.4 is 9.47 Å². The number of nitrogens with zero attached hydrogens (tertiary/aromatic N) is 3. The topological polar surface area (TPSA) is 47.0 Å². The summed E-state index contributed by atoms with van der Waals surface area (Å²) in [5.74, 6) is 1.51. The van der Waals surface area contributed by atoms with Crippen molar-refractivity contribution in [2.45, 2.75) is 18.7 Å². The second-order valence-electron chi connectivity index (χ2n) is 6.78. The Bertz CT molecular complexity index is 1040. The fourth-order valence-corrected chi connectivity index (χ4v) is 3.94. The maximum atomic E-state index is 6.40. The minimum Gasteiger partial charge on any atom is -0.493 e. The Morgan fingerprint density at radius 1 is 1.07 bits per heavy atom. The Labute approximate surface area is 168 Å². The molecule has 0 N–H and O–H groups in total. The second kappa shape index (κ2) is 6.84. The van der Waals surface area contributed by atoms with Gasteiger partial charge in [-0.15, -0.1) is 0 Å². The van der Waals surface area contributed by atoms with Gasteiger partial charge >= 0.3 is 0 Å². The van der Waals surface area contributed by atoms with E-state index in [1.165, 1.54) is 0 Å². The zero-order valence-electron chi connectivity index (χ0n) is 15.2. The number of ether oxygens (including phenoxy) is 2. The summed E-state index contributed by atoms with van der Waals surface area (Å²) >= 11 is 6.05. The molecule has 2 aliphatic heterocycles. The predicted octanol–water partition coefficient (Wildman–Crippen LogP) is 4.99. The highest BCUT2D eigenvalue weighted by Gasteiger charge is 2.42. The van der Waals surface area contributed by atoms with E-state index in [0.29, 0.717) is 5.02 Å². The number of benzene rings is 2. The third-order valence-electron chi connectivity index (χ3n) is 5.17. The molecular formula is C22H18ClN3O2. The average Bonchev–Trinajstić information content (AvgIpc) is 3.19. The van der Waals surface area contributed by atoms with Crippen molar-refractivity contribution in [1.82, 2.24) is 9.99 Å². The molecule has 5 nitrogen and oxygen atoms in total. The fraction of sp³-hybridized carbons (Fsp3) is 0.182. The highest BCUT2D eigenvalue weighted by Crippen LogP contribution is 2.50. The number of pyridine rings is 1. The Morgan fingerprint density at radius 2 is 1.86 bits per heavy atom. The second-order valence-corrected chi connectivity index (χ2v) is 7.22. The summed E-state index contributed by atoms with van der Waals surface area (Å²) in [6, 6.07) is 17.8. The monoisotopic (exact) mass is 391 g/mol. The lowest BCUT2D eigenvalue weighted by molar-refractivity contribution is -0.0209. The number of para-hydroxylation sites is 1. The van der Waals surface area contributed by atoms with Crippen molar-refractivity contribution >= 4 is 17.3 Å². The van der Waals surface area contributed by atoms with Crippen molar-refractivity contribution in [2.24, 2.45) is 5.10 Å². The van der Waals surface area contributed by atoms with E-state index in [2.05, 4.69) is 11.1 Å². The van der Waals surface area contributed by atoms with Gasteiger partial charge in [0.15, 0.2) is 11.5 Å². The minimum atomic E-state index is -0.346. The molecule has 0 spiro atoms. The number of hydrogen-bond donors (Lipinski definition) is 0. The van der Waals surface area contributed by atoms with E-state index in [4.69, 9.17) is 26.2 Å². The van der Waals surface area contributed by atoms with Crippen molar-refractivity contribution in [2.75, 3.05) is 7.11 Å². The van der Waals surface area contributed by atoms with Gasteiger partial charge in [-0.3, -0.25) is 4.98 Å². The number of methoxy groups -OCH3 is 1. The van der Waals surface area contributed by atoms with Gasteiger partial charge in [-0.1, -0.05) is 35.9 Å². The molecule has 2 atom stereocenters. The number of hydrogen-bond acceptors (Lipinski definition) is 5. The molecule has 0 amide bonds. The first-order valence-electron chi connectivity index (χ1n) is 9.10. The normalized spacial score (nSPS) is 20.1. The van der Waals surface area contributed by atoms with E-state index >= 15 is 0 Å². The first kappa shape index (κ1) is 17.1. The van der Waals surface area contributed by atoms with Crippen LogP contribution in [0.1, 0.15) is 35.4 Å². The molecule has 140 valence electrons. The van der Waals surface area contributed by atoms with Crippen LogP contribution in [0.15, 0.2) is 72.1 Å². The quantitative estimate of drug-likeness (QED) is 0.631. The first-order chi connectivity index (χ1) is 13.7. The Kier molecular flexibility index (Phi) is 4.17. The molecule has 28 heavy (non-hydrogen) atoms. The maximum absolute atomic E-state index is 6.40. The lowest BCUT2D eigenvalue weighted by Gasteiger charge is -2.38. The van der Waals surface area contributed by atoms with Gasteiger partial charge in [0, 0.05) is 35.0 Å². The van der Waals surface area contributed by atoms with Gasteiger partial charge in [-0.05, 0) is 35.9 Å². The van der Waals surface area contributed by atoms with Gasteiger partial charge in [0.25, 0.3) is 0 Å². The van der Waals surface area contributed by atoms with E-state index in [1.54, 1.807) is 19.5 Å². The molecule has 5 rings (SSSR count). The van der Waals surface area contributed by atoms with Gasteiger partial charge in [-0.2, -0.15) is 5.10 Å². The van der Waals surface area contributed by atoms with Gasteiger partial charge < -0.3 is 9.47 Å². The number of hydrazone groups is 1. The SMILES string of the molecule is COc1cccc2c1O[C@H](c1ccncc1)N1N=C(c3ccc(Cl)cc3)C[C@H]21. The van der Waals surface area contributed by atoms with Crippen molar-refractivity contribution in [3.63, 3.8) is 0 Å². The molecule has 6 heteroatoms. The van der Waals surface area contributed by atoms with Crippen LogP contribution in [0, 0.1) is 0 Å². The number of fused-ring (bicyclic) bond motifs is 3. The van der Waals surface area contributed by atoms with E-state index in [9.17, 15) is 0 Å². The maximum Gasteiger partial charge on any atom is 0.214 e. The van der Waals surface area contributed by atoms with E-state index in [-0.39, 0.29) is 12.3 Å². The van der Waals surface area contributed by atoms with Crippen LogP contribution in [0.25, 0.3) is 0 Å². The summed E-state index contributed by atoms with van der Waals surface area (Å²) in [5.41, 5.74) is 4.16. The minimum absolute atomic E-state index is 0.0719. The van der Waals surface area contributed by atoms with E-state index < -0.39 is 0 Å². The van der Waals surface area contributed by atoms with Crippen LogP contribution in [-0.4, -0.2) is 22.8 Å². The zero-order valence-corrected chi connectivity index (χ0v) is 16.0. The largest absolute Gasteiger partial charge is 0.493 e. The van der Waals surface area contributed by atoms with Crippen LogP contribution >= 0.6 is 11.6 Å². The summed E-state index contributed by atoms with van der Waals surface area (Å²) in [5, 5.41) is 7.70. The van der Waals surface area contributed by atoms with Crippen LogP contribution in [0.5, 0.6) is 11.5 Å². The van der Waals surface area contributed by atoms with Crippen molar-refractivity contribution in [1.29, 1.82) is 0 Å². The summed E-state index contributed by atoms with van der Waals surface area (Å²) in [4.78, 5) is 4.13. The molecule has 1 aromatic heterocycles. The number of aromatic nitrogens is 1. The molecule has 0 radical (unpaired) electrons. The molecule has 0 aliphatic carbocycles. The Hall–Kier alpha value is -3.05. The lowest BCUT2D eigenvalue weighted by Crippen LogP contribution is -2.33. The van der Waals surface area contributed by atoms with Crippen molar-refractivity contribution < 1.29 is 9.47 Å². The third-order valence-corrected chi connectivity index (χ3v) is 5.42. The molecule has 0 saturated heterocycles. The predicted molar refractivity (Wildman–Crippen MR) is 108 cm³/mol.